The zero-order valence-corrected chi connectivity index (χ0v) is 17.3. The zero-order chi connectivity index (χ0) is 18.9. The van der Waals surface area contributed by atoms with Crippen LogP contribution in [-0.4, -0.2) is 48.6 Å². The summed E-state index contributed by atoms with van der Waals surface area (Å²) >= 11 is 0. The molecule has 2 amide bonds. The molecule has 1 spiro atoms. The van der Waals surface area contributed by atoms with Gasteiger partial charge in [-0.1, -0.05) is 12.2 Å². The van der Waals surface area contributed by atoms with Gasteiger partial charge in [-0.25, -0.2) is 4.79 Å². The summed E-state index contributed by atoms with van der Waals surface area (Å²) < 4.78 is 0. The number of urea groups is 1. The van der Waals surface area contributed by atoms with E-state index in [9.17, 15) is 4.79 Å². The van der Waals surface area contributed by atoms with Crippen molar-refractivity contribution in [2.75, 3.05) is 26.7 Å². The normalized spacial score (nSPS) is 40.0. The van der Waals surface area contributed by atoms with Crippen molar-refractivity contribution in [2.24, 2.45) is 29.1 Å². The molecule has 152 valence electrons. The quantitative estimate of drug-likeness (QED) is 0.740. The lowest BCUT2D eigenvalue weighted by Gasteiger charge is -2.57. The van der Waals surface area contributed by atoms with Gasteiger partial charge in [0.05, 0.1) is 0 Å². The smallest absolute Gasteiger partial charge is 0.320 e. The Bertz CT molecular complexity index is 702. The van der Waals surface area contributed by atoms with Crippen molar-refractivity contribution in [1.82, 2.24) is 15.1 Å². The molecule has 0 aromatic carbocycles. The molecule has 2 aliphatic heterocycles. The Morgan fingerprint density at radius 1 is 1.11 bits per heavy atom. The highest BCUT2D eigenvalue weighted by Crippen LogP contribution is 2.55. The Kier molecular flexibility index (Phi) is 3.90. The van der Waals surface area contributed by atoms with Gasteiger partial charge in [0.25, 0.3) is 0 Å². The second-order valence-electron chi connectivity index (χ2n) is 10.8. The van der Waals surface area contributed by atoms with Crippen molar-refractivity contribution in [3.05, 3.63) is 23.4 Å². The van der Waals surface area contributed by atoms with Crippen molar-refractivity contribution >= 4 is 6.03 Å². The number of fused-ring (bicyclic) bond motifs is 1. The highest BCUT2D eigenvalue weighted by molar-refractivity contribution is 5.75. The monoisotopic (exact) mass is 381 g/mol. The number of piperidine rings is 1. The maximum Gasteiger partial charge on any atom is 0.320 e. The van der Waals surface area contributed by atoms with Gasteiger partial charge in [-0.05, 0) is 87.0 Å². The van der Waals surface area contributed by atoms with Gasteiger partial charge in [0.15, 0.2) is 0 Å². The van der Waals surface area contributed by atoms with E-state index in [1.54, 1.807) is 5.57 Å². The minimum Gasteiger partial charge on any atom is -0.387 e. The fraction of sp³-hybridized carbons (Fsp3) is 0.792. The molecular weight excluding hydrogens is 346 g/mol. The van der Waals surface area contributed by atoms with Gasteiger partial charge in [-0.15, -0.1) is 0 Å². The first kappa shape index (κ1) is 17.4. The minimum atomic E-state index is 0.282. The van der Waals surface area contributed by atoms with E-state index in [-0.39, 0.29) is 5.41 Å². The first-order chi connectivity index (χ1) is 13.6. The van der Waals surface area contributed by atoms with Crippen LogP contribution < -0.4 is 5.32 Å². The Balaban J connectivity index is 1.13. The Labute approximate surface area is 169 Å². The lowest BCUT2D eigenvalue weighted by Crippen LogP contribution is -2.59. The van der Waals surface area contributed by atoms with E-state index < -0.39 is 0 Å². The molecule has 1 N–H and O–H groups in total. The molecule has 0 aromatic rings. The van der Waals surface area contributed by atoms with Crippen molar-refractivity contribution in [2.45, 2.75) is 63.8 Å². The Morgan fingerprint density at radius 3 is 2.46 bits per heavy atom. The average molecular weight is 382 g/mol. The van der Waals surface area contributed by atoms with Gasteiger partial charge in [0, 0.05) is 43.8 Å². The molecule has 7 rings (SSSR count). The number of carbonyl (C=O) groups is 1. The van der Waals surface area contributed by atoms with Crippen LogP contribution >= 0.6 is 0 Å². The van der Waals surface area contributed by atoms with Crippen LogP contribution in [0.15, 0.2) is 23.4 Å². The summed E-state index contributed by atoms with van der Waals surface area (Å²) in [6.07, 6.45) is 16.3. The summed E-state index contributed by atoms with van der Waals surface area (Å²) in [6.45, 7) is 2.92. The molecule has 28 heavy (non-hydrogen) atoms. The van der Waals surface area contributed by atoms with Gasteiger partial charge in [-0.2, -0.15) is 0 Å². The van der Waals surface area contributed by atoms with E-state index in [1.165, 1.54) is 50.6 Å². The zero-order valence-electron chi connectivity index (χ0n) is 17.3. The van der Waals surface area contributed by atoms with Crippen LogP contribution in [0.25, 0.3) is 0 Å². The molecular formula is C24H35N3O. The Morgan fingerprint density at radius 2 is 1.79 bits per heavy atom. The SMILES string of the molecule is CN(C(=O)N1CCC2(CC1)CNC1=C2C=CCC1)C1C2CC3CC(C2)CC1C3. The molecule has 0 radical (unpaired) electrons. The predicted molar refractivity (Wildman–Crippen MR) is 111 cm³/mol. The molecule has 4 bridgehead atoms. The van der Waals surface area contributed by atoms with E-state index in [1.807, 2.05) is 0 Å². The maximum atomic E-state index is 13.4. The number of nitrogens with zero attached hydrogens (tertiary/aromatic N) is 2. The molecule has 5 fully saturated rings. The summed E-state index contributed by atoms with van der Waals surface area (Å²) in [7, 11) is 2.11. The van der Waals surface area contributed by atoms with Crippen LogP contribution in [0.5, 0.6) is 0 Å². The number of hydrogen-bond donors (Lipinski definition) is 1. The lowest BCUT2D eigenvalue weighted by atomic mass is 9.54. The molecule has 4 nitrogen and oxygen atoms in total. The average Bonchev–Trinajstić information content (AvgIpc) is 3.06. The topological polar surface area (TPSA) is 35.6 Å². The summed E-state index contributed by atoms with van der Waals surface area (Å²) in [5.74, 6) is 3.50. The van der Waals surface area contributed by atoms with Crippen LogP contribution in [0.2, 0.25) is 0 Å². The fourth-order valence-electron chi connectivity index (χ4n) is 8.17. The van der Waals surface area contributed by atoms with Crippen molar-refractivity contribution < 1.29 is 4.79 Å². The van der Waals surface area contributed by atoms with Gasteiger partial charge in [0.1, 0.15) is 0 Å². The third kappa shape index (κ3) is 2.52. The second-order valence-corrected chi connectivity index (χ2v) is 10.8. The number of likely N-dealkylation sites (tertiary alicyclic amines) is 1. The first-order valence-corrected chi connectivity index (χ1v) is 11.8. The lowest BCUT2D eigenvalue weighted by molar-refractivity contribution is -0.0495. The summed E-state index contributed by atoms with van der Waals surface area (Å²) in [5.41, 5.74) is 3.32. The second kappa shape index (κ2) is 6.27. The van der Waals surface area contributed by atoms with Crippen LogP contribution in [0.3, 0.4) is 0 Å². The standard InChI is InChI=1S/C24H35N3O/c1-26(22-18-11-16-10-17(13-18)14-19(22)12-16)23(28)27-8-6-24(7-9-27)15-25-21-5-3-2-4-20(21)24/h2,4,16-19,22,25H,3,5-15H2,1H3. The largest absolute Gasteiger partial charge is 0.387 e. The van der Waals surface area contributed by atoms with Crippen molar-refractivity contribution in [1.29, 1.82) is 0 Å². The van der Waals surface area contributed by atoms with Crippen molar-refractivity contribution in [3.8, 4) is 0 Å². The maximum absolute atomic E-state index is 13.4. The molecule has 0 aromatic heterocycles. The minimum absolute atomic E-state index is 0.282. The van der Waals surface area contributed by atoms with E-state index in [4.69, 9.17) is 0 Å². The van der Waals surface area contributed by atoms with Crippen molar-refractivity contribution in [3.63, 3.8) is 0 Å². The summed E-state index contributed by atoms with van der Waals surface area (Å²) in [5, 5.41) is 3.69. The van der Waals surface area contributed by atoms with Gasteiger partial charge in [-0.3, -0.25) is 0 Å². The molecule has 0 atom stereocenters. The van der Waals surface area contributed by atoms with Crippen LogP contribution in [0.1, 0.15) is 57.8 Å². The first-order valence-electron chi connectivity index (χ1n) is 11.8. The summed E-state index contributed by atoms with van der Waals surface area (Å²) in [6, 6.07) is 0.826. The molecule has 7 aliphatic rings. The predicted octanol–water partition coefficient (Wildman–Crippen LogP) is 4.15. The molecule has 0 unspecified atom stereocenters. The molecule has 4 heteroatoms. The van der Waals surface area contributed by atoms with Gasteiger partial charge in [0.2, 0.25) is 0 Å². The van der Waals surface area contributed by atoms with E-state index in [2.05, 4.69) is 34.3 Å². The third-order valence-corrected chi connectivity index (χ3v) is 9.30. The van der Waals surface area contributed by atoms with Crippen LogP contribution in [0, 0.1) is 29.1 Å². The number of hydrogen-bond acceptors (Lipinski definition) is 2. The van der Waals surface area contributed by atoms with Gasteiger partial charge >= 0.3 is 6.03 Å². The van der Waals surface area contributed by atoms with E-state index >= 15 is 0 Å². The van der Waals surface area contributed by atoms with Crippen LogP contribution in [-0.2, 0) is 0 Å². The van der Waals surface area contributed by atoms with E-state index in [0.29, 0.717) is 12.1 Å². The molecule has 2 heterocycles. The van der Waals surface area contributed by atoms with Gasteiger partial charge < -0.3 is 15.1 Å². The Hall–Kier alpha value is -1.45. The highest BCUT2D eigenvalue weighted by Gasteiger charge is 2.51. The van der Waals surface area contributed by atoms with E-state index in [0.717, 1.165) is 56.1 Å². The molecule has 4 saturated carbocycles. The number of nitrogens with one attached hydrogen (secondary N) is 1. The molecule has 5 aliphatic carbocycles. The number of rotatable bonds is 1. The fourth-order valence-corrected chi connectivity index (χ4v) is 8.17. The summed E-state index contributed by atoms with van der Waals surface area (Å²) in [4.78, 5) is 17.8. The number of amides is 2. The number of allylic oxidation sites excluding steroid dienone is 3. The highest BCUT2D eigenvalue weighted by atomic mass is 16.2. The number of carbonyl (C=O) groups excluding carboxylic acids is 1. The third-order valence-electron chi connectivity index (χ3n) is 9.30. The van der Waals surface area contributed by atoms with Crippen LogP contribution in [0.4, 0.5) is 4.79 Å². The molecule has 1 saturated heterocycles.